The predicted molar refractivity (Wildman–Crippen MR) is 127 cm³/mol. The van der Waals surface area contributed by atoms with Crippen LogP contribution in [0, 0.1) is 13.8 Å². The molecule has 1 fully saturated rings. The zero-order valence-corrected chi connectivity index (χ0v) is 19.7. The second-order valence-corrected chi connectivity index (χ2v) is 9.12. The Morgan fingerprint density at radius 2 is 1.83 bits per heavy atom. The van der Waals surface area contributed by atoms with E-state index >= 15 is 0 Å². The molecule has 1 amide bonds. The van der Waals surface area contributed by atoms with Crippen LogP contribution in [0.2, 0.25) is 0 Å². The molecule has 4 nitrogen and oxygen atoms in total. The minimum absolute atomic E-state index is 0.0632. The lowest BCUT2D eigenvalue weighted by Gasteiger charge is -2.14. The van der Waals surface area contributed by atoms with Gasteiger partial charge in [-0.1, -0.05) is 58.1 Å². The third-order valence-electron chi connectivity index (χ3n) is 4.44. The molecule has 1 heterocycles. The maximum absolute atomic E-state index is 12.5. The summed E-state index contributed by atoms with van der Waals surface area (Å²) in [4.78, 5) is 14.7. The van der Waals surface area contributed by atoms with Crippen molar-refractivity contribution in [1.29, 1.82) is 0 Å². The number of nitrogens with zero attached hydrogens (tertiary/aromatic N) is 1. The quantitative estimate of drug-likeness (QED) is 0.280. The fourth-order valence-electron chi connectivity index (χ4n) is 3.00. The number of amides is 1. The average molecular weight is 492 g/mol. The molecule has 3 rings (SSSR count). The lowest BCUT2D eigenvalue weighted by atomic mass is 10.1. The van der Waals surface area contributed by atoms with E-state index in [2.05, 4.69) is 15.9 Å². The normalized spacial score (nSPS) is 15.3. The number of likely N-dealkylation sites (N-methyl/N-ethyl adjacent to an activating group) is 1. The van der Waals surface area contributed by atoms with E-state index in [1.165, 1.54) is 11.8 Å². The van der Waals surface area contributed by atoms with Gasteiger partial charge in [-0.05, 0) is 56.2 Å². The third kappa shape index (κ3) is 5.21. The second kappa shape index (κ2) is 9.78. The number of carbonyl (C=O) groups is 1. The molecule has 1 aliphatic rings. The SMILES string of the molecule is CCN1C(=O)C(=Cc2cc(Br)ccc2OCCOc2c(C)cccc2C)SC1=S. The van der Waals surface area contributed by atoms with E-state index in [0.29, 0.717) is 34.7 Å². The largest absolute Gasteiger partial charge is 0.489 e. The topological polar surface area (TPSA) is 38.8 Å². The van der Waals surface area contributed by atoms with Crippen LogP contribution in [0.15, 0.2) is 45.8 Å². The Morgan fingerprint density at radius 3 is 2.48 bits per heavy atom. The van der Waals surface area contributed by atoms with Gasteiger partial charge in [-0.3, -0.25) is 9.69 Å². The molecule has 0 aliphatic carbocycles. The highest BCUT2D eigenvalue weighted by atomic mass is 79.9. The number of benzene rings is 2. The van der Waals surface area contributed by atoms with Gasteiger partial charge in [0.25, 0.3) is 5.91 Å². The van der Waals surface area contributed by atoms with E-state index in [1.54, 1.807) is 4.90 Å². The van der Waals surface area contributed by atoms with E-state index in [9.17, 15) is 4.79 Å². The summed E-state index contributed by atoms with van der Waals surface area (Å²) in [6.45, 7) is 7.37. The Labute approximate surface area is 189 Å². The van der Waals surface area contributed by atoms with E-state index in [1.807, 2.05) is 63.2 Å². The van der Waals surface area contributed by atoms with Gasteiger partial charge in [0, 0.05) is 16.6 Å². The van der Waals surface area contributed by atoms with Gasteiger partial charge >= 0.3 is 0 Å². The van der Waals surface area contributed by atoms with Gasteiger partial charge in [-0.25, -0.2) is 0 Å². The minimum Gasteiger partial charge on any atom is -0.489 e. The van der Waals surface area contributed by atoms with Gasteiger partial charge in [0.15, 0.2) is 0 Å². The number of aryl methyl sites for hydroxylation is 2. The van der Waals surface area contributed by atoms with Crippen molar-refractivity contribution in [1.82, 2.24) is 4.90 Å². The summed E-state index contributed by atoms with van der Waals surface area (Å²) >= 11 is 10.1. The van der Waals surface area contributed by atoms with Crippen LogP contribution in [0.3, 0.4) is 0 Å². The Kier molecular flexibility index (Phi) is 7.38. The summed E-state index contributed by atoms with van der Waals surface area (Å²) in [6.07, 6.45) is 1.83. The lowest BCUT2D eigenvalue weighted by molar-refractivity contribution is -0.121. The molecule has 0 N–H and O–H groups in total. The molecule has 152 valence electrons. The summed E-state index contributed by atoms with van der Waals surface area (Å²) in [5, 5.41) is 0. The number of hydrogen-bond donors (Lipinski definition) is 0. The minimum atomic E-state index is -0.0632. The number of halogens is 1. The summed E-state index contributed by atoms with van der Waals surface area (Å²) < 4.78 is 13.4. The van der Waals surface area contributed by atoms with Crippen LogP contribution in [0.1, 0.15) is 23.6 Å². The Morgan fingerprint density at radius 1 is 1.14 bits per heavy atom. The fourth-order valence-corrected chi connectivity index (χ4v) is 4.75. The molecule has 29 heavy (non-hydrogen) atoms. The molecule has 1 aliphatic heterocycles. The molecule has 2 aromatic rings. The van der Waals surface area contributed by atoms with Crippen molar-refractivity contribution in [3.8, 4) is 11.5 Å². The van der Waals surface area contributed by atoms with Crippen molar-refractivity contribution < 1.29 is 14.3 Å². The van der Waals surface area contributed by atoms with Crippen molar-refractivity contribution in [3.63, 3.8) is 0 Å². The summed E-state index contributed by atoms with van der Waals surface area (Å²) in [6, 6.07) is 11.8. The van der Waals surface area contributed by atoms with Crippen molar-refractivity contribution in [2.24, 2.45) is 0 Å². The lowest BCUT2D eigenvalue weighted by Crippen LogP contribution is -2.27. The van der Waals surface area contributed by atoms with Crippen LogP contribution in [-0.4, -0.2) is 34.9 Å². The van der Waals surface area contributed by atoms with E-state index in [-0.39, 0.29) is 5.91 Å². The fraction of sp³-hybridized carbons (Fsp3) is 0.273. The molecule has 7 heteroatoms. The average Bonchev–Trinajstić information content (AvgIpc) is 2.94. The third-order valence-corrected chi connectivity index (χ3v) is 6.32. The number of rotatable bonds is 7. The second-order valence-electron chi connectivity index (χ2n) is 6.53. The van der Waals surface area contributed by atoms with Gasteiger partial charge in [-0.15, -0.1) is 0 Å². The predicted octanol–water partition coefficient (Wildman–Crippen LogP) is 5.74. The van der Waals surface area contributed by atoms with Crippen LogP contribution >= 0.6 is 39.9 Å². The van der Waals surface area contributed by atoms with E-state index in [4.69, 9.17) is 21.7 Å². The van der Waals surface area contributed by atoms with Crippen molar-refractivity contribution in [2.45, 2.75) is 20.8 Å². The first-order valence-electron chi connectivity index (χ1n) is 9.27. The highest BCUT2D eigenvalue weighted by Gasteiger charge is 2.30. The molecule has 0 unspecified atom stereocenters. The van der Waals surface area contributed by atoms with Gasteiger partial charge in [0.1, 0.15) is 29.0 Å². The molecule has 0 atom stereocenters. The highest BCUT2D eigenvalue weighted by molar-refractivity contribution is 9.10. The van der Waals surface area contributed by atoms with Gasteiger partial charge < -0.3 is 9.47 Å². The summed E-state index contributed by atoms with van der Waals surface area (Å²) in [7, 11) is 0. The van der Waals surface area contributed by atoms with Crippen LogP contribution in [0.5, 0.6) is 11.5 Å². The van der Waals surface area contributed by atoms with Crippen LogP contribution in [0.4, 0.5) is 0 Å². The van der Waals surface area contributed by atoms with Crippen LogP contribution in [0.25, 0.3) is 6.08 Å². The Balaban J connectivity index is 1.70. The molecule has 1 saturated heterocycles. The Bertz CT molecular complexity index is 954. The van der Waals surface area contributed by atoms with Crippen molar-refractivity contribution in [3.05, 3.63) is 62.5 Å². The maximum atomic E-state index is 12.5. The monoisotopic (exact) mass is 491 g/mol. The first kappa shape index (κ1) is 21.9. The summed E-state index contributed by atoms with van der Waals surface area (Å²) in [5.41, 5.74) is 3.03. The number of thiocarbonyl (C=S) groups is 1. The van der Waals surface area contributed by atoms with Gasteiger partial charge in [0.2, 0.25) is 0 Å². The van der Waals surface area contributed by atoms with Gasteiger partial charge in [-0.2, -0.15) is 0 Å². The first-order valence-corrected chi connectivity index (χ1v) is 11.3. The molecule has 0 bridgehead atoms. The van der Waals surface area contributed by atoms with Gasteiger partial charge in [0.05, 0.1) is 4.91 Å². The molecular formula is C22H22BrNO3S2. The zero-order chi connectivity index (χ0) is 21.0. The number of thioether (sulfide) groups is 1. The number of carbonyl (C=O) groups excluding carboxylic acids is 1. The molecule has 0 saturated carbocycles. The molecule has 0 radical (unpaired) electrons. The number of ether oxygens (including phenoxy) is 2. The van der Waals surface area contributed by atoms with E-state index < -0.39 is 0 Å². The number of para-hydroxylation sites is 1. The van der Waals surface area contributed by atoms with E-state index in [0.717, 1.165) is 26.9 Å². The smallest absolute Gasteiger partial charge is 0.266 e. The molecule has 0 spiro atoms. The maximum Gasteiger partial charge on any atom is 0.266 e. The highest BCUT2D eigenvalue weighted by Crippen LogP contribution is 2.35. The standard InChI is InChI=1S/C22H22BrNO3S2/c1-4-24-21(25)19(29-22(24)28)13-16-12-17(23)8-9-18(16)26-10-11-27-20-14(2)6-5-7-15(20)3/h5-9,12-13H,4,10-11H2,1-3H3. The van der Waals surface area contributed by atoms with Crippen molar-refractivity contribution in [2.75, 3.05) is 19.8 Å². The van der Waals surface area contributed by atoms with Crippen molar-refractivity contribution >= 4 is 56.2 Å². The zero-order valence-electron chi connectivity index (χ0n) is 16.5. The van der Waals surface area contributed by atoms with Crippen LogP contribution in [-0.2, 0) is 4.79 Å². The van der Waals surface area contributed by atoms with Crippen LogP contribution < -0.4 is 9.47 Å². The molecule has 0 aromatic heterocycles. The number of hydrogen-bond acceptors (Lipinski definition) is 5. The Hall–Kier alpha value is -1.83. The molecule has 2 aromatic carbocycles. The summed E-state index contributed by atoms with van der Waals surface area (Å²) in [5.74, 6) is 1.53. The molecular weight excluding hydrogens is 470 g/mol. The first-order chi connectivity index (χ1) is 13.9.